The van der Waals surface area contributed by atoms with Crippen molar-refractivity contribution in [2.45, 2.75) is 58.5 Å². The fraction of sp³-hybridized carbons (Fsp3) is 0.458. The van der Waals surface area contributed by atoms with Crippen LogP contribution in [-0.4, -0.2) is 45.3 Å². The van der Waals surface area contributed by atoms with E-state index < -0.39 is 0 Å². The molecule has 1 aromatic carbocycles. The summed E-state index contributed by atoms with van der Waals surface area (Å²) in [5, 5.41) is 13.9. The first-order valence-electron chi connectivity index (χ1n) is 10.6. The smallest absolute Gasteiger partial charge is 0.270 e. The third-order valence-electron chi connectivity index (χ3n) is 5.17. The monoisotopic (exact) mass is 443 g/mol. The molecule has 0 spiro atoms. The fourth-order valence-electron chi connectivity index (χ4n) is 3.71. The van der Waals surface area contributed by atoms with Crippen molar-refractivity contribution >= 4 is 23.3 Å². The van der Waals surface area contributed by atoms with Crippen LogP contribution in [0.5, 0.6) is 5.75 Å². The van der Waals surface area contributed by atoms with Crippen molar-refractivity contribution in [3.63, 3.8) is 0 Å². The van der Waals surface area contributed by atoms with E-state index in [1.807, 2.05) is 20.8 Å². The average molecular weight is 444 g/mol. The van der Waals surface area contributed by atoms with E-state index in [4.69, 9.17) is 11.6 Å². The molecule has 0 saturated carbocycles. The first kappa shape index (κ1) is 23.2. The van der Waals surface area contributed by atoms with Crippen molar-refractivity contribution in [3.05, 3.63) is 57.9 Å². The number of halogens is 1. The molecule has 2 N–H and O–H groups in total. The van der Waals surface area contributed by atoms with Crippen LogP contribution in [0.1, 0.15) is 60.8 Å². The Kier molecular flexibility index (Phi) is 7.34. The largest absolute Gasteiger partial charge is 0.508 e. The highest BCUT2D eigenvalue weighted by molar-refractivity contribution is 6.31. The van der Waals surface area contributed by atoms with Gasteiger partial charge in [0.05, 0.1) is 0 Å². The lowest BCUT2D eigenvalue weighted by molar-refractivity contribution is -0.117. The SMILES string of the molecule is CC(C)(C)NC(=O)c1cc(CC(=O)Cc2cc(Cl)c(CN3CCCC3)cc2O)ccn1. The van der Waals surface area contributed by atoms with E-state index in [9.17, 15) is 14.7 Å². The van der Waals surface area contributed by atoms with Gasteiger partial charge in [-0.15, -0.1) is 0 Å². The van der Waals surface area contributed by atoms with Gasteiger partial charge in [0.1, 0.15) is 17.2 Å². The zero-order valence-corrected chi connectivity index (χ0v) is 19.1. The number of benzene rings is 1. The van der Waals surface area contributed by atoms with Crippen LogP contribution in [0.25, 0.3) is 0 Å². The number of hydrogen-bond acceptors (Lipinski definition) is 5. The maximum absolute atomic E-state index is 12.6. The molecular weight excluding hydrogens is 414 g/mol. The molecule has 0 atom stereocenters. The predicted molar refractivity (Wildman–Crippen MR) is 121 cm³/mol. The van der Waals surface area contributed by atoms with Crippen LogP contribution in [0.3, 0.4) is 0 Å². The van der Waals surface area contributed by atoms with E-state index >= 15 is 0 Å². The van der Waals surface area contributed by atoms with Crippen molar-refractivity contribution in [1.29, 1.82) is 0 Å². The third kappa shape index (κ3) is 6.77. The predicted octanol–water partition coefficient (Wildman–Crippen LogP) is 3.92. The van der Waals surface area contributed by atoms with Crippen molar-refractivity contribution in [2.24, 2.45) is 0 Å². The van der Waals surface area contributed by atoms with E-state index in [2.05, 4.69) is 15.2 Å². The number of carbonyl (C=O) groups is 2. The summed E-state index contributed by atoms with van der Waals surface area (Å²) in [6.07, 6.45) is 4.11. The van der Waals surface area contributed by atoms with Crippen molar-refractivity contribution in [3.8, 4) is 5.75 Å². The Hall–Kier alpha value is -2.44. The molecule has 1 aliphatic rings. The zero-order valence-electron chi connectivity index (χ0n) is 18.4. The number of phenols is 1. The second-order valence-electron chi connectivity index (χ2n) is 9.20. The molecule has 6 nitrogen and oxygen atoms in total. The molecule has 1 saturated heterocycles. The van der Waals surface area contributed by atoms with Crippen LogP contribution in [0.2, 0.25) is 5.02 Å². The second-order valence-corrected chi connectivity index (χ2v) is 9.61. The van der Waals surface area contributed by atoms with E-state index in [1.165, 1.54) is 19.0 Å². The van der Waals surface area contributed by atoms with E-state index in [0.717, 1.165) is 18.7 Å². The number of aromatic hydroxyl groups is 1. The minimum atomic E-state index is -0.373. The van der Waals surface area contributed by atoms with Crippen LogP contribution in [0.15, 0.2) is 30.5 Å². The van der Waals surface area contributed by atoms with Gasteiger partial charge in [-0.25, -0.2) is 0 Å². The van der Waals surface area contributed by atoms with Crippen LogP contribution < -0.4 is 5.32 Å². The average Bonchev–Trinajstić information content (AvgIpc) is 3.17. The number of phenolic OH excluding ortho intramolecular Hbond substituents is 1. The summed E-state index contributed by atoms with van der Waals surface area (Å²) in [4.78, 5) is 31.4. The van der Waals surface area contributed by atoms with E-state index in [-0.39, 0.29) is 41.5 Å². The highest BCUT2D eigenvalue weighted by Crippen LogP contribution is 2.29. The molecule has 1 amide bonds. The van der Waals surface area contributed by atoms with Crippen molar-refractivity contribution in [2.75, 3.05) is 13.1 Å². The number of amides is 1. The van der Waals surface area contributed by atoms with Gasteiger partial charge < -0.3 is 10.4 Å². The number of aromatic nitrogens is 1. The molecule has 31 heavy (non-hydrogen) atoms. The number of pyridine rings is 1. The number of nitrogens with zero attached hydrogens (tertiary/aromatic N) is 2. The summed E-state index contributed by atoms with van der Waals surface area (Å²) < 4.78 is 0. The molecule has 0 radical (unpaired) electrons. The molecule has 0 bridgehead atoms. The molecule has 166 valence electrons. The number of hydrogen-bond donors (Lipinski definition) is 2. The summed E-state index contributed by atoms with van der Waals surface area (Å²) in [5.74, 6) is -0.265. The number of likely N-dealkylation sites (tertiary alicyclic amines) is 1. The lowest BCUT2D eigenvalue weighted by Crippen LogP contribution is -2.40. The number of carbonyl (C=O) groups excluding carboxylic acids is 2. The quantitative estimate of drug-likeness (QED) is 0.677. The van der Waals surface area contributed by atoms with Crippen LogP contribution >= 0.6 is 11.6 Å². The molecule has 1 aromatic heterocycles. The maximum atomic E-state index is 12.6. The molecule has 7 heteroatoms. The molecule has 0 aliphatic carbocycles. The molecule has 1 fully saturated rings. The molecule has 2 heterocycles. The first-order chi connectivity index (χ1) is 14.6. The molecule has 0 unspecified atom stereocenters. The van der Waals surface area contributed by atoms with Crippen LogP contribution in [0, 0.1) is 0 Å². The second kappa shape index (κ2) is 9.79. The van der Waals surface area contributed by atoms with Crippen LogP contribution in [0.4, 0.5) is 0 Å². The summed E-state index contributed by atoms with van der Waals surface area (Å²) in [7, 11) is 0. The normalized spacial score (nSPS) is 14.6. The standard InChI is InChI=1S/C24H30ClN3O3/c1-24(2,3)27-23(31)21-11-16(6-7-26-21)10-19(29)12-17-13-20(25)18(14-22(17)30)15-28-8-4-5-9-28/h6-7,11,13-14,30H,4-5,8-10,12,15H2,1-3H3,(H,27,31). The van der Waals surface area contributed by atoms with Gasteiger partial charge in [0.2, 0.25) is 0 Å². The summed E-state index contributed by atoms with van der Waals surface area (Å²) in [6.45, 7) is 8.47. The molecule has 1 aliphatic heterocycles. The van der Waals surface area contributed by atoms with Gasteiger partial charge >= 0.3 is 0 Å². The van der Waals surface area contributed by atoms with Gasteiger partial charge in [0.25, 0.3) is 5.91 Å². The van der Waals surface area contributed by atoms with E-state index in [1.54, 1.807) is 24.3 Å². The minimum absolute atomic E-state index is 0.0708. The summed E-state index contributed by atoms with van der Waals surface area (Å²) >= 11 is 6.43. The highest BCUT2D eigenvalue weighted by atomic mass is 35.5. The number of ketones is 1. The lowest BCUT2D eigenvalue weighted by atomic mass is 10.0. The van der Waals surface area contributed by atoms with Gasteiger partial charge in [-0.3, -0.25) is 19.5 Å². The van der Waals surface area contributed by atoms with E-state index in [0.29, 0.717) is 22.7 Å². The first-order valence-corrected chi connectivity index (χ1v) is 11.0. The Morgan fingerprint density at radius 3 is 2.52 bits per heavy atom. The Labute approximate surface area is 188 Å². The third-order valence-corrected chi connectivity index (χ3v) is 5.53. The Morgan fingerprint density at radius 1 is 1.13 bits per heavy atom. The fourth-order valence-corrected chi connectivity index (χ4v) is 3.95. The van der Waals surface area contributed by atoms with Crippen molar-refractivity contribution in [1.82, 2.24) is 15.2 Å². The summed E-state index contributed by atoms with van der Waals surface area (Å²) in [6, 6.07) is 6.71. The Balaban J connectivity index is 1.65. The molecule has 2 aromatic rings. The van der Waals surface area contributed by atoms with Crippen LogP contribution in [-0.2, 0) is 24.2 Å². The number of rotatable bonds is 7. The molecular formula is C24H30ClN3O3. The van der Waals surface area contributed by atoms with Gasteiger partial charge in [0, 0.05) is 41.7 Å². The summed E-state index contributed by atoms with van der Waals surface area (Å²) in [5.41, 5.74) is 2.00. The highest BCUT2D eigenvalue weighted by Gasteiger charge is 2.19. The van der Waals surface area contributed by atoms with Gasteiger partial charge in [-0.2, -0.15) is 0 Å². The zero-order chi connectivity index (χ0) is 22.6. The topological polar surface area (TPSA) is 82.5 Å². The Morgan fingerprint density at radius 2 is 1.84 bits per heavy atom. The van der Waals surface area contributed by atoms with Gasteiger partial charge in [-0.05, 0) is 82.1 Å². The maximum Gasteiger partial charge on any atom is 0.270 e. The van der Waals surface area contributed by atoms with Gasteiger partial charge in [0.15, 0.2) is 0 Å². The van der Waals surface area contributed by atoms with Crippen molar-refractivity contribution < 1.29 is 14.7 Å². The van der Waals surface area contributed by atoms with Gasteiger partial charge in [-0.1, -0.05) is 11.6 Å². The minimum Gasteiger partial charge on any atom is -0.508 e. The number of Topliss-reactive ketones (excluding diaryl/α,β-unsaturated/α-hetero) is 1. The molecule has 3 rings (SSSR count). The Bertz CT molecular complexity index is 963. The number of nitrogens with one attached hydrogen (secondary N) is 1. The lowest BCUT2D eigenvalue weighted by Gasteiger charge is -2.20.